The molecule has 80 valence electrons. The summed E-state index contributed by atoms with van der Waals surface area (Å²) in [6.07, 6.45) is 0.818. The Morgan fingerprint density at radius 1 is 1.40 bits per heavy atom. The minimum Gasteiger partial charge on any atom is -0.368 e. The molecule has 15 heavy (non-hydrogen) atoms. The molecular formula is C12H16N2O. The second-order valence-electron chi connectivity index (χ2n) is 4.21. The third kappa shape index (κ3) is 2.18. The van der Waals surface area contributed by atoms with Crippen LogP contribution in [0.4, 0.5) is 0 Å². The highest BCUT2D eigenvalue weighted by Crippen LogP contribution is 2.25. The number of primary amides is 1. The summed E-state index contributed by atoms with van der Waals surface area (Å²) in [5.41, 5.74) is 7.81. The molecule has 1 aromatic rings. The van der Waals surface area contributed by atoms with Gasteiger partial charge in [-0.25, -0.2) is 0 Å². The van der Waals surface area contributed by atoms with E-state index in [1.807, 2.05) is 0 Å². The molecule has 1 aliphatic heterocycles. The molecule has 1 amide bonds. The Bertz CT molecular complexity index is 358. The molecule has 1 fully saturated rings. The van der Waals surface area contributed by atoms with Gasteiger partial charge in [0.15, 0.2) is 0 Å². The van der Waals surface area contributed by atoms with Crippen molar-refractivity contribution in [1.29, 1.82) is 0 Å². The number of hydrogen-bond acceptors (Lipinski definition) is 2. The molecule has 2 atom stereocenters. The van der Waals surface area contributed by atoms with E-state index in [4.69, 9.17) is 5.73 Å². The first-order valence-electron chi connectivity index (χ1n) is 5.26. The predicted molar refractivity (Wildman–Crippen MR) is 59.5 cm³/mol. The molecule has 0 aliphatic carbocycles. The Morgan fingerprint density at radius 3 is 2.60 bits per heavy atom. The van der Waals surface area contributed by atoms with Crippen molar-refractivity contribution in [2.45, 2.75) is 25.3 Å². The van der Waals surface area contributed by atoms with Crippen molar-refractivity contribution in [3.63, 3.8) is 0 Å². The topological polar surface area (TPSA) is 55.1 Å². The Hall–Kier alpha value is -1.35. The summed E-state index contributed by atoms with van der Waals surface area (Å²) in [7, 11) is 0. The fourth-order valence-corrected chi connectivity index (χ4v) is 2.05. The van der Waals surface area contributed by atoms with Gasteiger partial charge in [0.25, 0.3) is 0 Å². The van der Waals surface area contributed by atoms with E-state index < -0.39 is 0 Å². The smallest absolute Gasteiger partial charge is 0.234 e. The molecular weight excluding hydrogens is 188 g/mol. The predicted octanol–water partition coefficient (Wildman–Crippen LogP) is 0.926. The first-order valence-corrected chi connectivity index (χ1v) is 5.26. The zero-order chi connectivity index (χ0) is 10.8. The second kappa shape index (κ2) is 4.03. The van der Waals surface area contributed by atoms with Gasteiger partial charge in [0.05, 0.1) is 6.04 Å². The largest absolute Gasteiger partial charge is 0.368 e. The molecule has 1 aromatic carbocycles. The average molecular weight is 204 g/mol. The molecule has 0 aromatic heterocycles. The molecule has 1 heterocycles. The highest BCUT2D eigenvalue weighted by molar-refractivity contribution is 5.80. The summed E-state index contributed by atoms with van der Waals surface area (Å²) in [6, 6.07) is 8.31. The zero-order valence-corrected chi connectivity index (χ0v) is 8.86. The van der Waals surface area contributed by atoms with E-state index in [-0.39, 0.29) is 11.9 Å². The Kier molecular flexibility index (Phi) is 2.73. The number of rotatable bonds is 2. The molecule has 0 bridgehead atoms. The van der Waals surface area contributed by atoms with Gasteiger partial charge >= 0.3 is 0 Å². The average Bonchev–Trinajstić information content (AvgIpc) is 2.68. The lowest BCUT2D eigenvalue weighted by Crippen LogP contribution is -2.36. The summed E-state index contributed by atoms with van der Waals surface area (Å²) in [5.74, 6) is 0.174. The van der Waals surface area contributed by atoms with E-state index in [0.717, 1.165) is 13.0 Å². The molecule has 3 heteroatoms. The Morgan fingerprint density at radius 2 is 2.07 bits per heavy atom. The lowest BCUT2D eigenvalue weighted by atomic mass is 9.95. The molecule has 2 unspecified atom stereocenters. The van der Waals surface area contributed by atoms with Crippen LogP contribution in [0, 0.1) is 6.92 Å². The number of nitrogens with one attached hydrogen (secondary N) is 1. The maximum absolute atomic E-state index is 11.0. The number of aryl methyl sites for hydroxylation is 1. The first-order chi connectivity index (χ1) is 7.16. The van der Waals surface area contributed by atoms with Gasteiger partial charge in [0.1, 0.15) is 0 Å². The molecule has 3 nitrogen and oxygen atoms in total. The molecule has 1 aliphatic rings. The van der Waals surface area contributed by atoms with Crippen molar-refractivity contribution in [3.05, 3.63) is 35.4 Å². The minimum atomic E-state index is -0.246. The third-order valence-electron chi connectivity index (χ3n) is 3.02. The quantitative estimate of drug-likeness (QED) is 0.753. The maximum Gasteiger partial charge on any atom is 0.234 e. The van der Waals surface area contributed by atoms with Crippen molar-refractivity contribution >= 4 is 5.91 Å². The summed E-state index contributed by atoms with van der Waals surface area (Å²) < 4.78 is 0. The molecule has 3 N–H and O–H groups in total. The van der Waals surface area contributed by atoms with E-state index in [9.17, 15) is 4.79 Å². The second-order valence-corrected chi connectivity index (χ2v) is 4.21. The Labute approximate surface area is 89.7 Å². The van der Waals surface area contributed by atoms with Crippen LogP contribution in [0.25, 0.3) is 0 Å². The highest BCUT2D eigenvalue weighted by Gasteiger charge is 2.28. The lowest BCUT2D eigenvalue weighted by molar-refractivity contribution is -0.119. The van der Waals surface area contributed by atoms with E-state index >= 15 is 0 Å². The van der Waals surface area contributed by atoms with Crippen LogP contribution in [0.5, 0.6) is 0 Å². The number of hydrogen-bond donors (Lipinski definition) is 2. The van der Waals surface area contributed by atoms with Crippen LogP contribution in [-0.4, -0.2) is 18.5 Å². The Balaban J connectivity index is 2.07. The standard InChI is InChI=1S/C12H16N2O/c1-8-2-4-9(5-3-8)10-6-11(12(13)15)14-7-10/h2-5,10-11,14H,6-7H2,1H3,(H2,13,15). The van der Waals surface area contributed by atoms with Crippen molar-refractivity contribution in [2.24, 2.45) is 5.73 Å². The summed E-state index contributed by atoms with van der Waals surface area (Å²) in [6.45, 7) is 2.92. The normalized spacial score (nSPS) is 25.4. The van der Waals surface area contributed by atoms with Crippen LogP contribution in [0.1, 0.15) is 23.5 Å². The SMILES string of the molecule is Cc1ccc(C2CNC(C(N)=O)C2)cc1. The van der Waals surface area contributed by atoms with E-state index in [1.165, 1.54) is 11.1 Å². The van der Waals surface area contributed by atoms with Gasteiger partial charge < -0.3 is 11.1 Å². The monoisotopic (exact) mass is 204 g/mol. The van der Waals surface area contributed by atoms with Crippen molar-refractivity contribution in [2.75, 3.05) is 6.54 Å². The van der Waals surface area contributed by atoms with Gasteiger partial charge in [0.2, 0.25) is 5.91 Å². The van der Waals surface area contributed by atoms with Gasteiger partial charge in [-0.3, -0.25) is 4.79 Å². The number of nitrogens with two attached hydrogens (primary N) is 1. The van der Waals surface area contributed by atoms with Crippen LogP contribution in [0.15, 0.2) is 24.3 Å². The molecule has 0 spiro atoms. The molecule has 1 saturated heterocycles. The fourth-order valence-electron chi connectivity index (χ4n) is 2.05. The lowest BCUT2D eigenvalue weighted by Gasteiger charge is -2.08. The van der Waals surface area contributed by atoms with Gasteiger partial charge in [-0.2, -0.15) is 0 Å². The van der Waals surface area contributed by atoms with Crippen molar-refractivity contribution in [1.82, 2.24) is 5.32 Å². The molecule has 0 radical (unpaired) electrons. The zero-order valence-electron chi connectivity index (χ0n) is 8.86. The minimum absolute atomic E-state index is 0.156. The van der Waals surface area contributed by atoms with E-state index in [2.05, 4.69) is 36.5 Å². The third-order valence-corrected chi connectivity index (χ3v) is 3.02. The van der Waals surface area contributed by atoms with Gasteiger partial charge in [-0.15, -0.1) is 0 Å². The molecule has 0 saturated carbocycles. The fraction of sp³-hybridized carbons (Fsp3) is 0.417. The summed E-state index contributed by atoms with van der Waals surface area (Å²) in [4.78, 5) is 11.0. The first kappa shape index (κ1) is 10.2. The van der Waals surface area contributed by atoms with Crippen LogP contribution in [0.2, 0.25) is 0 Å². The van der Waals surface area contributed by atoms with Crippen LogP contribution in [0.3, 0.4) is 0 Å². The molecule has 2 rings (SSSR count). The van der Waals surface area contributed by atoms with Gasteiger partial charge in [-0.1, -0.05) is 29.8 Å². The number of benzene rings is 1. The number of amides is 1. The van der Waals surface area contributed by atoms with Crippen LogP contribution < -0.4 is 11.1 Å². The van der Waals surface area contributed by atoms with Gasteiger partial charge in [0, 0.05) is 6.54 Å². The van der Waals surface area contributed by atoms with Crippen molar-refractivity contribution in [3.8, 4) is 0 Å². The number of carbonyl (C=O) groups excluding carboxylic acids is 1. The van der Waals surface area contributed by atoms with Crippen LogP contribution in [-0.2, 0) is 4.79 Å². The van der Waals surface area contributed by atoms with Crippen molar-refractivity contribution < 1.29 is 4.79 Å². The summed E-state index contributed by atoms with van der Waals surface area (Å²) in [5, 5.41) is 3.14. The maximum atomic E-state index is 11.0. The van der Waals surface area contributed by atoms with Crippen LogP contribution >= 0.6 is 0 Å². The highest BCUT2D eigenvalue weighted by atomic mass is 16.1. The number of carbonyl (C=O) groups is 1. The van der Waals surface area contributed by atoms with Gasteiger partial charge in [-0.05, 0) is 24.8 Å². The van der Waals surface area contributed by atoms with E-state index in [0.29, 0.717) is 5.92 Å². The summed E-state index contributed by atoms with van der Waals surface area (Å²) >= 11 is 0. The van der Waals surface area contributed by atoms with E-state index in [1.54, 1.807) is 0 Å².